The number of benzene rings is 1. The molecule has 18 heavy (non-hydrogen) atoms. The van der Waals surface area contributed by atoms with Crippen molar-refractivity contribution in [2.45, 2.75) is 11.8 Å². The standard InChI is InChI=1S/C12H16ClNO3S/c1-12(8-17-9-12)7-14(2)18(15,16)11-5-3-10(13)4-6-11/h3-6H,7-9H2,1-2H3. The summed E-state index contributed by atoms with van der Waals surface area (Å²) in [5.74, 6) is 0. The fraction of sp³-hybridized carbons (Fsp3) is 0.500. The zero-order valence-corrected chi connectivity index (χ0v) is 12.0. The molecule has 0 aliphatic carbocycles. The first-order valence-electron chi connectivity index (χ1n) is 5.63. The van der Waals surface area contributed by atoms with Gasteiger partial charge in [-0.1, -0.05) is 18.5 Å². The van der Waals surface area contributed by atoms with E-state index in [2.05, 4.69) is 0 Å². The molecule has 0 bridgehead atoms. The molecule has 0 spiro atoms. The Morgan fingerprint density at radius 3 is 2.33 bits per heavy atom. The van der Waals surface area contributed by atoms with Crippen molar-refractivity contribution in [3.8, 4) is 0 Å². The lowest BCUT2D eigenvalue weighted by Crippen LogP contribution is -2.49. The average molecular weight is 290 g/mol. The molecule has 1 heterocycles. The van der Waals surface area contributed by atoms with Crippen LogP contribution in [0, 0.1) is 5.41 Å². The van der Waals surface area contributed by atoms with Gasteiger partial charge in [0.1, 0.15) is 0 Å². The maximum atomic E-state index is 12.3. The second kappa shape index (κ2) is 4.81. The van der Waals surface area contributed by atoms with Crippen LogP contribution in [0.4, 0.5) is 0 Å². The Kier molecular flexibility index (Phi) is 3.69. The van der Waals surface area contributed by atoms with Crippen molar-refractivity contribution in [1.82, 2.24) is 4.31 Å². The van der Waals surface area contributed by atoms with Gasteiger partial charge in [-0.2, -0.15) is 0 Å². The fourth-order valence-corrected chi connectivity index (χ4v) is 3.40. The molecule has 100 valence electrons. The second-order valence-electron chi connectivity index (χ2n) is 5.02. The smallest absolute Gasteiger partial charge is 0.242 e. The molecule has 0 aromatic heterocycles. The quantitative estimate of drug-likeness (QED) is 0.852. The molecule has 1 aromatic rings. The molecule has 0 atom stereocenters. The number of nitrogens with zero attached hydrogens (tertiary/aromatic N) is 1. The van der Waals surface area contributed by atoms with Crippen LogP contribution < -0.4 is 0 Å². The lowest BCUT2D eigenvalue weighted by molar-refractivity contribution is -0.106. The Labute approximate surface area is 113 Å². The average Bonchev–Trinajstić information content (AvgIpc) is 2.27. The van der Waals surface area contributed by atoms with E-state index in [1.54, 1.807) is 19.2 Å². The van der Waals surface area contributed by atoms with Crippen molar-refractivity contribution in [1.29, 1.82) is 0 Å². The van der Waals surface area contributed by atoms with Gasteiger partial charge in [-0.3, -0.25) is 0 Å². The maximum absolute atomic E-state index is 12.3. The van der Waals surface area contributed by atoms with E-state index < -0.39 is 10.0 Å². The Balaban J connectivity index is 2.17. The molecule has 0 amide bonds. The molecule has 0 N–H and O–H groups in total. The van der Waals surface area contributed by atoms with Gasteiger partial charge >= 0.3 is 0 Å². The number of sulfonamides is 1. The summed E-state index contributed by atoms with van der Waals surface area (Å²) >= 11 is 5.75. The summed E-state index contributed by atoms with van der Waals surface area (Å²) in [6.07, 6.45) is 0. The van der Waals surface area contributed by atoms with Crippen LogP contribution in [0.1, 0.15) is 6.92 Å². The summed E-state index contributed by atoms with van der Waals surface area (Å²) in [6.45, 7) is 3.68. The summed E-state index contributed by atoms with van der Waals surface area (Å²) in [6, 6.07) is 6.20. The van der Waals surface area contributed by atoms with Crippen molar-refractivity contribution in [2.75, 3.05) is 26.8 Å². The van der Waals surface area contributed by atoms with Gasteiger partial charge < -0.3 is 4.74 Å². The van der Waals surface area contributed by atoms with Gasteiger partial charge in [0.05, 0.1) is 18.1 Å². The first-order chi connectivity index (χ1) is 8.33. The van der Waals surface area contributed by atoms with E-state index in [1.807, 2.05) is 6.92 Å². The zero-order valence-electron chi connectivity index (χ0n) is 10.4. The highest BCUT2D eigenvalue weighted by molar-refractivity contribution is 7.89. The summed E-state index contributed by atoms with van der Waals surface area (Å²) in [5.41, 5.74) is -0.0752. The zero-order chi connectivity index (χ0) is 13.4. The van der Waals surface area contributed by atoms with E-state index in [0.29, 0.717) is 24.8 Å². The van der Waals surface area contributed by atoms with Gasteiger partial charge in [-0.15, -0.1) is 0 Å². The third kappa shape index (κ3) is 2.69. The molecule has 1 aliphatic rings. The van der Waals surface area contributed by atoms with Crippen LogP contribution in [-0.2, 0) is 14.8 Å². The molecule has 6 heteroatoms. The second-order valence-corrected chi connectivity index (χ2v) is 7.50. The maximum Gasteiger partial charge on any atom is 0.242 e. The molecular weight excluding hydrogens is 274 g/mol. The summed E-state index contributed by atoms with van der Waals surface area (Å²) < 4.78 is 31.1. The van der Waals surface area contributed by atoms with Crippen LogP contribution in [0.5, 0.6) is 0 Å². The molecule has 1 aromatic carbocycles. The van der Waals surface area contributed by atoms with Crippen LogP contribution in [0.3, 0.4) is 0 Å². The predicted molar refractivity (Wildman–Crippen MR) is 70.2 cm³/mol. The van der Waals surface area contributed by atoms with Gasteiger partial charge in [-0.05, 0) is 24.3 Å². The minimum absolute atomic E-state index is 0.0752. The van der Waals surface area contributed by atoms with E-state index in [1.165, 1.54) is 16.4 Å². The third-order valence-corrected chi connectivity index (χ3v) is 5.10. The number of ether oxygens (including phenoxy) is 1. The molecule has 4 nitrogen and oxygen atoms in total. The summed E-state index contributed by atoms with van der Waals surface area (Å²) in [7, 11) is -1.86. The molecular formula is C12H16ClNO3S. The van der Waals surface area contributed by atoms with E-state index in [9.17, 15) is 8.42 Å². The minimum atomic E-state index is -3.45. The van der Waals surface area contributed by atoms with E-state index in [0.717, 1.165) is 0 Å². The molecule has 1 saturated heterocycles. The summed E-state index contributed by atoms with van der Waals surface area (Å²) in [4.78, 5) is 0.262. The van der Waals surface area contributed by atoms with Crippen LogP contribution in [-0.4, -0.2) is 39.5 Å². The topological polar surface area (TPSA) is 46.6 Å². The number of halogens is 1. The van der Waals surface area contributed by atoms with Gasteiger partial charge in [0, 0.05) is 24.0 Å². The minimum Gasteiger partial charge on any atom is -0.380 e. The molecule has 1 aliphatic heterocycles. The highest BCUT2D eigenvalue weighted by Crippen LogP contribution is 2.29. The predicted octanol–water partition coefficient (Wildman–Crippen LogP) is 2.00. The lowest BCUT2D eigenvalue weighted by atomic mass is 9.89. The first-order valence-corrected chi connectivity index (χ1v) is 7.45. The highest BCUT2D eigenvalue weighted by atomic mass is 35.5. The van der Waals surface area contributed by atoms with Gasteiger partial charge in [0.15, 0.2) is 0 Å². The van der Waals surface area contributed by atoms with Crippen LogP contribution in [0.25, 0.3) is 0 Å². The third-order valence-electron chi connectivity index (χ3n) is 3.03. The van der Waals surface area contributed by atoms with E-state index in [-0.39, 0.29) is 10.3 Å². The van der Waals surface area contributed by atoms with Gasteiger partial charge in [0.2, 0.25) is 10.0 Å². The Hall–Kier alpha value is -0.620. The Bertz CT molecular complexity index is 523. The number of hydrogen-bond acceptors (Lipinski definition) is 3. The van der Waals surface area contributed by atoms with E-state index >= 15 is 0 Å². The van der Waals surface area contributed by atoms with Gasteiger partial charge in [0.25, 0.3) is 0 Å². The Morgan fingerprint density at radius 2 is 1.89 bits per heavy atom. The van der Waals surface area contributed by atoms with Crippen LogP contribution >= 0.6 is 11.6 Å². The van der Waals surface area contributed by atoms with E-state index in [4.69, 9.17) is 16.3 Å². The number of hydrogen-bond donors (Lipinski definition) is 0. The molecule has 2 rings (SSSR count). The highest BCUT2D eigenvalue weighted by Gasteiger charge is 2.37. The first kappa shape index (κ1) is 13.8. The largest absolute Gasteiger partial charge is 0.380 e. The van der Waals surface area contributed by atoms with Crippen molar-refractivity contribution >= 4 is 21.6 Å². The molecule has 1 fully saturated rings. The van der Waals surface area contributed by atoms with Crippen LogP contribution in [0.2, 0.25) is 5.02 Å². The lowest BCUT2D eigenvalue weighted by Gasteiger charge is -2.40. The molecule has 0 saturated carbocycles. The molecule has 0 radical (unpaired) electrons. The van der Waals surface area contributed by atoms with Crippen LogP contribution in [0.15, 0.2) is 29.2 Å². The Morgan fingerprint density at radius 1 is 1.33 bits per heavy atom. The molecule has 0 unspecified atom stereocenters. The summed E-state index contributed by atoms with van der Waals surface area (Å²) in [5, 5.41) is 0.524. The normalized spacial score (nSPS) is 18.7. The fourth-order valence-electron chi connectivity index (χ4n) is 1.95. The van der Waals surface area contributed by atoms with Crippen molar-refractivity contribution < 1.29 is 13.2 Å². The monoisotopic (exact) mass is 289 g/mol. The van der Waals surface area contributed by atoms with Crippen molar-refractivity contribution in [2.24, 2.45) is 5.41 Å². The van der Waals surface area contributed by atoms with Crippen molar-refractivity contribution in [3.63, 3.8) is 0 Å². The van der Waals surface area contributed by atoms with Crippen molar-refractivity contribution in [3.05, 3.63) is 29.3 Å². The number of rotatable bonds is 4. The SMILES string of the molecule is CN(CC1(C)COC1)S(=O)(=O)c1ccc(Cl)cc1. The van der Waals surface area contributed by atoms with Gasteiger partial charge in [-0.25, -0.2) is 12.7 Å².